The molecule has 114 valence electrons. The Morgan fingerprint density at radius 2 is 2.00 bits per heavy atom. The lowest BCUT2D eigenvalue weighted by Crippen LogP contribution is -2.04. The van der Waals surface area contributed by atoms with Gasteiger partial charge in [0.1, 0.15) is 18.0 Å². The van der Waals surface area contributed by atoms with Gasteiger partial charge >= 0.3 is 0 Å². The minimum Gasteiger partial charge on any atom is -0.490 e. The van der Waals surface area contributed by atoms with Gasteiger partial charge in [-0.05, 0) is 12.1 Å². The third-order valence-corrected chi connectivity index (χ3v) is 3.31. The van der Waals surface area contributed by atoms with Gasteiger partial charge in [0.15, 0.2) is 0 Å². The fourth-order valence-electron chi connectivity index (χ4n) is 2.35. The summed E-state index contributed by atoms with van der Waals surface area (Å²) >= 11 is 0. The molecule has 0 spiro atoms. The SMILES string of the molecule is COCCOc1ccnc2c1c(-c1ccnc(N)n1)cn2C. The highest BCUT2D eigenvalue weighted by molar-refractivity contribution is 5.97. The molecule has 7 nitrogen and oxygen atoms in total. The number of nitrogens with two attached hydrogens (primary N) is 1. The minimum atomic E-state index is 0.236. The van der Waals surface area contributed by atoms with Gasteiger partial charge in [-0.1, -0.05) is 0 Å². The number of ether oxygens (including phenoxy) is 2. The van der Waals surface area contributed by atoms with Crippen LogP contribution in [0.4, 0.5) is 5.95 Å². The first kappa shape index (κ1) is 14.3. The lowest BCUT2D eigenvalue weighted by atomic mass is 10.1. The van der Waals surface area contributed by atoms with E-state index in [9.17, 15) is 0 Å². The Morgan fingerprint density at radius 3 is 2.77 bits per heavy atom. The highest BCUT2D eigenvalue weighted by atomic mass is 16.5. The van der Waals surface area contributed by atoms with Crippen LogP contribution in [-0.2, 0) is 11.8 Å². The maximum absolute atomic E-state index is 5.81. The van der Waals surface area contributed by atoms with Gasteiger partial charge in [0.2, 0.25) is 5.95 Å². The molecule has 0 bridgehead atoms. The van der Waals surface area contributed by atoms with Gasteiger partial charge in [-0.25, -0.2) is 15.0 Å². The molecule has 3 aromatic heterocycles. The van der Waals surface area contributed by atoms with Gasteiger partial charge in [-0.3, -0.25) is 0 Å². The second-order valence-electron chi connectivity index (χ2n) is 4.80. The van der Waals surface area contributed by atoms with Gasteiger partial charge in [0.05, 0.1) is 17.7 Å². The first-order valence-corrected chi connectivity index (χ1v) is 6.85. The van der Waals surface area contributed by atoms with Crippen molar-refractivity contribution in [3.8, 4) is 17.0 Å². The van der Waals surface area contributed by atoms with E-state index in [2.05, 4.69) is 15.0 Å². The molecule has 0 saturated heterocycles. The van der Waals surface area contributed by atoms with Crippen LogP contribution >= 0.6 is 0 Å². The lowest BCUT2D eigenvalue weighted by molar-refractivity contribution is 0.147. The molecule has 0 saturated carbocycles. The summed E-state index contributed by atoms with van der Waals surface area (Å²) in [5, 5.41) is 0.902. The standard InChI is InChI=1S/C15H17N5O2/c1-20-9-10(11-3-5-18-15(16)19-11)13-12(22-8-7-21-2)4-6-17-14(13)20/h3-6,9H,7-8H2,1-2H3,(H2,16,18,19). The fraction of sp³-hybridized carbons (Fsp3) is 0.267. The summed E-state index contributed by atoms with van der Waals surface area (Å²) < 4.78 is 12.8. The van der Waals surface area contributed by atoms with Crippen molar-refractivity contribution < 1.29 is 9.47 Å². The van der Waals surface area contributed by atoms with Crippen LogP contribution in [0.15, 0.2) is 30.7 Å². The molecule has 7 heteroatoms. The van der Waals surface area contributed by atoms with E-state index < -0.39 is 0 Å². The molecular formula is C15H17N5O2. The summed E-state index contributed by atoms with van der Waals surface area (Å²) in [7, 11) is 3.57. The molecular weight excluding hydrogens is 282 g/mol. The van der Waals surface area contributed by atoms with Crippen LogP contribution in [-0.4, -0.2) is 39.8 Å². The molecule has 0 fully saturated rings. The van der Waals surface area contributed by atoms with E-state index in [-0.39, 0.29) is 5.95 Å². The zero-order valence-corrected chi connectivity index (χ0v) is 12.5. The van der Waals surface area contributed by atoms with Crippen molar-refractivity contribution in [3.63, 3.8) is 0 Å². The summed E-state index contributed by atoms with van der Waals surface area (Å²) in [6.45, 7) is 0.988. The average molecular weight is 299 g/mol. The molecule has 0 aliphatic heterocycles. The van der Waals surface area contributed by atoms with Crippen LogP contribution in [0.1, 0.15) is 0 Å². The summed E-state index contributed by atoms with van der Waals surface area (Å²) in [4.78, 5) is 12.6. The predicted octanol–water partition coefficient (Wildman–Crippen LogP) is 1.64. The van der Waals surface area contributed by atoms with Crippen molar-refractivity contribution in [3.05, 3.63) is 30.7 Å². The molecule has 3 rings (SSSR count). The van der Waals surface area contributed by atoms with Crippen LogP contribution in [0.5, 0.6) is 5.75 Å². The Hall–Kier alpha value is -2.67. The van der Waals surface area contributed by atoms with E-state index in [1.54, 1.807) is 19.5 Å². The third kappa shape index (κ3) is 2.58. The first-order valence-electron chi connectivity index (χ1n) is 6.85. The van der Waals surface area contributed by atoms with E-state index in [0.29, 0.717) is 13.2 Å². The Balaban J connectivity index is 2.13. The van der Waals surface area contributed by atoms with Crippen molar-refractivity contribution in [1.82, 2.24) is 19.5 Å². The number of hydrogen-bond donors (Lipinski definition) is 1. The summed E-state index contributed by atoms with van der Waals surface area (Å²) in [6.07, 6.45) is 5.32. The van der Waals surface area contributed by atoms with E-state index in [1.807, 2.05) is 29.9 Å². The zero-order valence-electron chi connectivity index (χ0n) is 12.5. The first-order chi connectivity index (χ1) is 10.7. The Morgan fingerprint density at radius 1 is 1.18 bits per heavy atom. The van der Waals surface area contributed by atoms with E-state index in [4.69, 9.17) is 15.2 Å². The van der Waals surface area contributed by atoms with Crippen molar-refractivity contribution in [2.24, 2.45) is 7.05 Å². The topological polar surface area (TPSA) is 88.1 Å². The highest BCUT2D eigenvalue weighted by Gasteiger charge is 2.16. The largest absolute Gasteiger partial charge is 0.490 e. The molecule has 2 N–H and O–H groups in total. The number of aryl methyl sites for hydroxylation is 1. The molecule has 0 amide bonds. The maximum atomic E-state index is 5.81. The monoisotopic (exact) mass is 299 g/mol. The van der Waals surface area contributed by atoms with E-state index in [1.165, 1.54) is 0 Å². The van der Waals surface area contributed by atoms with Gasteiger partial charge in [-0.2, -0.15) is 0 Å². The highest BCUT2D eigenvalue weighted by Crippen LogP contribution is 2.34. The molecule has 22 heavy (non-hydrogen) atoms. The molecule has 0 radical (unpaired) electrons. The number of anilines is 1. The molecule has 0 unspecified atom stereocenters. The van der Waals surface area contributed by atoms with Crippen LogP contribution in [0.2, 0.25) is 0 Å². The minimum absolute atomic E-state index is 0.236. The van der Waals surface area contributed by atoms with Crippen LogP contribution in [0, 0.1) is 0 Å². The van der Waals surface area contributed by atoms with Crippen molar-refractivity contribution in [2.45, 2.75) is 0 Å². The number of nitrogens with zero attached hydrogens (tertiary/aromatic N) is 4. The van der Waals surface area contributed by atoms with Crippen molar-refractivity contribution >= 4 is 17.0 Å². The summed E-state index contributed by atoms with van der Waals surface area (Å²) in [6, 6.07) is 3.66. The Kier molecular flexibility index (Phi) is 3.88. The summed E-state index contributed by atoms with van der Waals surface area (Å²) in [5.74, 6) is 0.982. The Labute approximate surface area is 127 Å². The van der Waals surface area contributed by atoms with E-state index in [0.717, 1.165) is 28.0 Å². The number of nitrogen functional groups attached to an aromatic ring is 1. The molecule has 0 atom stereocenters. The van der Waals surface area contributed by atoms with Crippen molar-refractivity contribution in [2.75, 3.05) is 26.1 Å². The number of rotatable bonds is 5. The average Bonchev–Trinajstić information content (AvgIpc) is 2.86. The van der Waals surface area contributed by atoms with Crippen LogP contribution < -0.4 is 10.5 Å². The Bertz CT molecular complexity index is 800. The second-order valence-corrected chi connectivity index (χ2v) is 4.80. The maximum Gasteiger partial charge on any atom is 0.220 e. The van der Waals surface area contributed by atoms with Crippen LogP contribution in [0.25, 0.3) is 22.3 Å². The van der Waals surface area contributed by atoms with E-state index >= 15 is 0 Å². The summed E-state index contributed by atoms with van der Waals surface area (Å²) in [5.41, 5.74) is 8.16. The number of aromatic nitrogens is 4. The number of pyridine rings is 1. The predicted molar refractivity (Wildman–Crippen MR) is 83.5 cm³/mol. The molecule has 0 aliphatic carbocycles. The molecule has 3 heterocycles. The fourth-order valence-corrected chi connectivity index (χ4v) is 2.35. The number of hydrogen-bond acceptors (Lipinski definition) is 6. The van der Waals surface area contributed by atoms with Crippen LogP contribution in [0.3, 0.4) is 0 Å². The van der Waals surface area contributed by atoms with Gasteiger partial charge in [0, 0.05) is 38.3 Å². The third-order valence-electron chi connectivity index (χ3n) is 3.31. The van der Waals surface area contributed by atoms with Gasteiger partial charge in [-0.15, -0.1) is 0 Å². The van der Waals surface area contributed by atoms with Crippen molar-refractivity contribution in [1.29, 1.82) is 0 Å². The van der Waals surface area contributed by atoms with Gasteiger partial charge in [0.25, 0.3) is 0 Å². The lowest BCUT2D eigenvalue weighted by Gasteiger charge is -2.08. The molecule has 0 aromatic carbocycles. The number of methoxy groups -OCH3 is 1. The molecule has 3 aromatic rings. The quantitative estimate of drug-likeness (QED) is 0.720. The smallest absolute Gasteiger partial charge is 0.220 e. The normalized spacial score (nSPS) is 11.0. The number of fused-ring (bicyclic) bond motifs is 1. The van der Waals surface area contributed by atoms with Gasteiger partial charge < -0.3 is 19.8 Å². The molecule has 0 aliphatic rings. The second kappa shape index (κ2) is 5.98. The zero-order chi connectivity index (χ0) is 15.5.